The number of fused-ring (bicyclic) bond motifs is 3. The third-order valence-electron chi connectivity index (χ3n) is 5.82. The second-order valence-electron chi connectivity index (χ2n) is 7.74. The summed E-state index contributed by atoms with van der Waals surface area (Å²) in [5.74, 6) is 2.41. The van der Waals surface area contributed by atoms with Gasteiger partial charge in [0.1, 0.15) is 6.61 Å². The first kappa shape index (κ1) is 19.7. The first-order valence-corrected chi connectivity index (χ1v) is 11.1. The van der Waals surface area contributed by atoms with Crippen LogP contribution in [0.4, 0.5) is 0 Å². The first-order valence-electron chi connectivity index (χ1n) is 10.3. The molecule has 2 aromatic rings. The summed E-state index contributed by atoms with van der Waals surface area (Å²) >= 11 is 3.70. The summed E-state index contributed by atoms with van der Waals surface area (Å²) in [5, 5.41) is 3.78. The molecule has 0 aliphatic carbocycles. The van der Waals surface area contributed by atoms with E-state index in [0.29, 0.717) is 19.3 Å². The highest BCUT2D eigenvalue weighted by Crippen LogP contribution is 2.37. The van der Waals surface area contributed by atoms with E-state index in [1.807, 2.05) is 25.1 Å². The van der Waals surface area contributed by atoms with E-state index in [1.165, 1.54) is 38.0 Å². The van der Waals surface area contributed by atoms with Crippen molar-refractivity contribution < 1.29 is 9.47 Å². The predicted octanol–water partition coefficient (Wildman–Crippen LogP) is 4.61. The Morgan fingerprint density at radius 2 is 1.86 bits per heavy atom. The minimum Gasteiger partial charge on any atom is -0.490 e. The lowest BCUT2D eigenvalue weighted by Crippen LogP contribution is -2.55. The largest absolute Gasteiger partial charge is 0.490 e. The number of benzene rings is 2. The van der Waals surface area contributed by atoms with Crippen LogP contribution in [0.5, 0.6) is 11.5 Å². The Hall–Kier alpha value is -1.56. The highest BCUT2D eigenvalue weighted by Gasteiger charge is 2.33. The van der Waals surface area contributed by atoms with Gasteiger partial charge in [-0.25, -0.2) is 0 Å². The molecule has 150 valence electrons. The van der Waals surface area contributed by atoms with Crippen LogP contribution >= 0.6 is 15.9 Å². The maximum Gasteiger partial charge on any atom is 0.175 e. The zero-order valence-corrected chi connectivity index (χ0v) is 18.1. The molecule has 0 spiro atoms. The fourth-order valence-corrected chi connectivity index (χ4v) is 4.91. The molecular weight excluding hydrogens is 416 g/mol. The fourth-order valence-electron chi connectivity index (χ4n) is 4.30. The van der Waals surface area contributed by atoms with Crippen LogP contribution in [0.15, 0.2) is 46.9 Å². The SMILES string of the molecule is CCOc1cc(CNC2CN3CCC2CC3)cc(Br)c1OCc1ccccc1. The Labute approximate surface area is 176 Å². The molecule has 3 aliphatic rings. The van der Waals surface area contributed by atoms with E-state index in [1.54, 1.807) is 0 Å². The van der Waals surface area contributed by atoms with E-state index in [9.17, 15) is 0 Å². The normalized spacial score (nSPS) is 23.6. The lowest BCUT2D eigenvalue weighted by Gasteiger charge is -2.45. The summed E-state index contributed by atoms with van der Waals surface area (Å²) in [6.45, 7) is 7.73. The Morgan fingerprint density at radius 3 is 2.54 bits per heavy atom. The summed E-state index contributed by atoms with van der Waals surface area (Å²) in [6.07, 6.45) is 2.66. The van der Waals surface area contributed by atoms with Crippen molar-refractivity contribution in [3.8, 4) is 11.5 Å². The van der Waals surface area contributed by atoms with E-state index < -0.39 is 0 Å². The number of ether oxygens (including phenoxy) is 2. The van der Waals surface area contributed by atoms with Gasteiger partial charge >= 0.3 is 0 Å². The number of nitrogens with one attached hydrogen (secondary N) is 1. The molecular formula is C23H29BrN2O2. The number of nitrogens with zero attached hydrogens (tertiary/aromatic N) is 1. The van der Waals surface area contributed by atoms with Crippen LogP contribution in [-0.4, -0.2) is 37.2 Å². The molecule has 0 amide bonds. The molecule has 28 heavy (non-hydrogen) atoms. The summed E-state index contributed by atoms with van der Waals surface area (Å²) in [4.78, 5) is 2.58. The molecule has 0 saturated carbocycles. The second kappa shape index (κ2) is 9.29. The molecule has 4 nitrogen and oxygen atoms in total. The Kier molecular flexibility index (Phi) is 6.55. The maximum atomic E-state index is 6.10. The van der Waals surface area contributed by atoms with Gasteiger partial charge in [0.15, 0.2) is 11.5 Å². The Bertz CT molecular complexity index is 776. The molecule has 0 aromatic heterocycles. The lowest BCUT2D eigenvalue weighted by atomic mass is 9.84. The van der Waals surface area contributed by atoms with Crippen LogP contribution < -0.4 is 14.8 Å². The van der Waals surface area contributed by atoms with Gasteiger partial charge in [-0.1, -0.05) is 30.3 Å². The van der Waals surface area contributed by atoms with Gasteiger partial charge in [-0.15, -0.1) is 0 Å². The van der Waals surface area contributed by atoms with Crippen molar-refractivity contribution in [2.24, 2.45) is 5.92 Å². The zero-order chi connectivity index (χ0) is 19.3. The van der Waals surface area contributed by atoms with Gasteiger partial charge in [-0.3, -0.25) is 0 Å². The molecule has 5 rings (SSSR count). The molecule has 5 heteroatoms. The van der Waals surface area contributed by atoms with Crippen molar-refractivity contribution in [2.75, 3.05) is 26.2 Å². The van der Waals surface area contributed by atoms with Gasteiger partial charge in [0.25, 0.3) is 0 Å². The monoisotopic (exact) mass is 444 g/mol. The predicted molar refractivity (Wildman–Crippen MR) is 116 cm³/mol. The number of rotatable bonds is 8. The van der Waals surface area contributed by atoms with Gasteiger partial charge in [0.2, 0.25) is 0 Å². The molecule has 2 aromatic carbocycles. The van der Waals surface area contributed by atoms with Crippen LogP contribution in [0.25, 0.3) is 0 Å². The van der Waals surface area contributed by atoms with Crippen LogP contribution in [0, 0.1) is 5.92 Å². The molecule has 0 radical (unpaired) electrons. The molecule has 3 aliphatic heterocycles. The minimum atomic E-state index is 0.525. The van der Waals surface area contributed by atoms with E-state index in [2.05, 4.69) is 50.4 Å². The number of piperidine rings is 3. The molecule has 1 unspecified atom stereocenters. The van der Waals surface area contributed by atoms with Crippen LogP contribution in [-0.2, 0) is 13.2 Å². The molecule has 2 bridgehead atoms. The first-order chi connectivity index (χ1) is 13.7. The molecule has 1 N–H and O–H groups in total. The molecule has 1 atom stereocenters. The third kappa shape index (κ3) is 4.70. The van der Waals surface area contributed by atoms with Crippen molar-refractivity contribution in [3.05, 3.63) is 58.1 Å². The van der Waals surface area contributed by atoms with E-state index in [4.69, 9.17) is 9.47 Å². The Balaban J connectivity index is 1.43. The van der Waals surface area contributed by atoms with Gasteiger partial charge in [-0.05, 0) is 78.0 Å². The van der Waals surface area contributed by atoms with E-state index in [0.717, 1.165) is 34.0 Å². The van der Waals surface area contributed by atoms with Crippen molar-refractivity contribution in [2.45, 2.75) is 39.0 Å². The summed E-state index contributed by atoms with van der Waals surface area (Å²) in [7, 11) is 0. The van der Waals surface area contributed by atoms with Gasteiger partial charge < -0.3 is 19.7 Å². The number of halogens is 1. The van der Waals surface area contributed by atoms with E-state index in [-0.39, 0.29) is 0 Å². The number of hydrogen-bond donors (Lipinski definition) is 1. The average Bonchev–Trinajstić information content (AvgIpc) is 2.73. The number of hydrogen-bond acceptors (Lipinski definition) is 4. The van der Waals surface area contributed by atoms with Crippen LogP contribution in [0.1, 0.15) is 30.9 Å². The topological polar surface area (TPSA) is 33.7 Å². The maximum absolute atomic E-state index is 6.10. The quantitative estimate of drug-likeness (QED) is 0.644. The Morgan fingerprint density at radius 1 is 1.07 bits per heavy atom. The zero-order valence-electron chi connectivity index (χ0n) is 16.5. The smallest absolute Gasteiger partial charge is 0.175 e. The highest BCUT2D eigenvalue weighted by atomic mass is 79.9. The molecule has 3 heterocycles. The summed E-state index contributed by atoms with van der Waals surface area (Å²) in [5.41, 5.74) is 2.36. The fraction of sp³-hybridized carbons (Fsp3) is 0.478. The van der Waals surface area contributed by atoms with Crippen molar-refractivity contribution in [1.82, 2.24) is 10.2 Å². The van der Waals surface area contributed by atoms with Crippen molar-refractivity contribution in [3.63, 3.8) is 0 Å². The molecule has 3 saturated heterocycles. The highest BCUT2D eigenvalue weighted by molar-refractivity contribution is 9.10. The third-order valence-corrected chi connectivity index (χ3v) is 6.41. The summed E-state index contributed by atoms with van der Waals surface area (Å²) in [6, 6.07) is 15.1. The standard InChI is InChI=1S/C23H29BrN2O2/c1-2-27-22-13-18(14-25-21-15-26-10-8-19(21)9-11-26)12-20(24)23(22)28-16-17-6-4-3-5-7-17/h3-7,12-13,19,21,25H,2,8-11,14-16H2,1H3. The average molecular weight is 445 g/mol. The van der Waals surface area contributed by atoms with Crippen LogP contribution in [0.2, 0.25) is 0 Å². The summed E-state index contributed by atoms with van der Waals surface area (Å²) < 4.78 is 12.9. The van der Waals surface area contributed by atoms with Gasteiger partial charge in [0, 0.05) is 19.1 Å². The van der Waals surface area contributed by atoms with Crippen LogP contribution in [0.3, 0.4) is 0 Å². The molecule has 3 fully saturated rings. The second-order valence-corrected chi connectivity index (χ2v) is 8.59. The minimum absolute atomic E-state index is 0.525. The van der Waals surface area contributed by atoms with Crippen molar-refractivity contribution in [1.29, 1.82) is 0 Å². The van der Waals surface area contributed by atoms with Gasteiger partial charge in [-0.2, -0.15) is 0 Å². The van der Waals surface area contributed by atoms with Crippen molar-refractivity contribution >= 4 is 15.9 Å². The van der Waals surface area contributed by atoms with Gasteiger partial charge in [0.05, 0.1) is 11.1 Å². The lowest BCUT2D eigenvalue weighted by molar-refractivity contribution is 0.0720. The van der Waals surface area contributed by atoms with E-state index >= 15 is 0 Å².